The number of hydrogen-bond acceptors (Lipinski definition) is 0. The minimum Gasteiger partial charge on any atom is -3.00 e. The molecule has 0 aliphatic rings. The van der Waals surface area contributed by atoms with Crippen LogP contribution in [-0.2, 0) is 22.4 Å². The maximum atomic E-state index is 0. The molecule has 0 fully saturated rings. The van der Waals surface area contributed by atoms with Crippen LogP contribution in [0.25, 0.3) is 12.3 Å². The van der Waals surface area contributed by atoms with E-state index in [1.165, 1.54) is 0 Å². The van der Waals surface area contributed by atoms with Crippen molar-refractivity contribution in [2.24, 2.45) is 0 Å². The topological polar surface area (TPSA) is 61.0 Å². The van der Waals surface area contributed by atoms with Crippen molar-refractivity contribution in [3.05, 3.63) is 12.3 Å². The predicted octanol–water partition coefficient (Wildman–Crippen LogP) is -2.42. The van der Waals surface area contributed by atoms with E-state index in [0.717, 1.165) is 0 Å². The van der Waals surface area contributed by atoms with Gasteiger partial charge in [0.05, 0.1) is 0 Å². The molecule has 0 rings (SSSR count). The van der Waals surface area contributed by atoms with Crippen LogP contribution in [-0.4, -0.2) is 0 Å². The number of rotatable bonds is 0. The normalized spacial score (nSPS) is 0. The van der Waals surface area contributed by atoms with Crippen molar-refractivity contribution in [3.8, 4) is 0 Å². The summed E-state index contributed by atoms with van der Waals surface area (Å²) in [6, 6.07) is 0. The van der Waals surface area contributed by atoms with Crippen LogP contribution in [0.5, 0.6) is 0 Å². The Kier molecular flexibility index (Phi) is 430. The standard InChI is InChI=1S/Li.2N.Ta/q+1;2*-3;+5. The van der Waals surface area contributed by atoms with Gasteiger partial charge in [0.25, 0.3) is 0 Å². The number of hydrogen-bond donors (Lipinski definition) is 0. The summed E-state index contributed by atoms with van der Waals surface area (Å²) in [5.41, 5.74) is 0. The van der Waals surface area contributed by atoms with E-state index in [1.807, 2.05) is 0 Å². The first kappa shape index (κ1) is 60.3. The molecule has 0 spiro atoms. The van der Waals surface area contributed by atoms with Gasteiger partial charge in [-0.3, -0.25) is 0 Å². The molecule has 0 N–H and O–H groups in total. The average Bonchev–Trinajstić information content (AvgIpc) is 0. The summed E-state index contributed by atoms with van der Waals surface area (Å²) in [6.07, 6.45) is 0. The second kappa shape index (κ2) is 28.6. The zero-order chi connectivity index (χ0) is 0. The van der Waals surface area contributed by atoms with E-state index in [2.05, 4.69) is 0 Å². The van der Waals surface area contributed by atoms with Gasteiger partial charge < -0.3 is 12.3 Å². The SMILES string of the molecule is [Li+].[N-3].[N-3].[Ta+5]. The van der Waals surface area contributed by atoms with Crippen molar-refractivity contribution in [1.82, 2.24) is 0 Å². The van der Waals surface area contributed by atoms with Crippen molar-refractivity contribution in [2.75, 3.05) is 0 Å². The molecule has 4 heteroatoms. The van der Waals surface area contributed by atoms with Crippen LogP contribution in [0.1, 0.15) is 0 Å². The summed E-state index contributed by atoms with van der Waals surface area (Å²) < 4.78 is 0. The molecule has 2 nitrogen and oxygen atoms in total. The van der Waals surface area contributed by atoms with E-state index >= 15 is 0 Å². The fourth-order valence-corrected chi connectivity index (χ4v) is 0. The molecule has 0 aromatic heterocycles. The minimum atomic E-state index is 0. The van der Waals surface area contributed by atoms with Gasteiger partial charge in [0.1, 0.15) is 0 Å². The van der Waals surface area contributed by atoms with Crippen LogP contribution in [0.15, 0.2) is 0 Å². The second-order valence-electron chi connectivity index (χ2n) is 0. The molecule has 0 heterocycles. The summed E-state index contributed by atoms with van der Waals surface area (Å²) in [5.74, 6) is 0. The number of nitrogens with zero attached hydrogens (tertiary/aromatic N) is 2. The Hall–Kier alpha value is 1.26. The fourth-order valence-electron chi connectivity index (χ4n) is 0. The molecule has 16 valence electrons. The maximum Gasteiger partial charge on any atom is 5.00 e. The molecule has 0 aromatic carbocycles. The molecule has 4 heavy (non-hydrogen) atoms. The van der Waals surface area contributed by atoms with E-state index in [9.17, 15) is 0 Å². The van der Waals surface area contributed by atoms with Gasteiger partial charge in [-0.05, 0) is 0 Å². The Morgan fingerprint density at radius 3 is 0.750 bits per heavy atom. The van der Waals surface area contributed by atoms with Crippen molar-refractivity contribution in [1.29, 1.82) is 0 Å². The first-order chi connectivity index (χ1) is 0. The smallest absolute Gasteiger partial charge is 3.00 e. The summed E-state index contributed by atoms with van der Waals surface area (Å²) in [5, 5.41) is 0. The molecular formula is LiN2Ta. The Labute approximate surface area is 53.6 Å². The predicted molar refractivity (Wildman–Crippen MR) is 6.72 cm³/mol. The van der Waals surface area contributed by atoms with E-state index in [4.69, 9.17) is 0 Å². The van der Waals surface area contributed by atoms with Crippen LogP contribution in [0.2, 0.25) is 0 Å². The monoisotopic (exact) mass is 216 g/mol. The van der Waals surface area contributed by atoms with Gasteiger partial charge in [0.2, 0.25) is 0 Å². The zero-order valence-electron chi connectivity index (χ0n) is 2.34. The van der Waals surface area contributed by atoms with Gasteiger partial charge >= 0.3 is 41.2 Å². The van der Waals surface area contributed by atoms with Crippen LogP contribution in [0.4, 0.5) is 0 Å². The Balaban J connectivity index is 0. The third-order valence-corrected chi connectivity index (χ3v) is 0. The van der Waals surface area contributed by atoms with Gasteiger partial charge in [0.15, 0.2) is 0 Å². The summed E-state index contributed by atoms with van der Waals surface area (Å²) in [4.78, 5) is 0. The molecule has 0 saturated heterocycles. The molecule has 0 unspecified atom stereocenters. The molecule has 0 radical (unpaired) electrons. The van der Waals surface area contributed by atoms with Crippen molar-refractivity contribution in [2.45, 2.75) is 0 Å². The first-order valence-electron chi connectivity index (χ1n) is 0. The molecule has 0 bridgehead atoms. The van der Waals surface area contributed by atoms with Gasteiger partial charge in [-0.15, -0.1) is 0 Å². The van der Waals surface area contributed by atoms with Crippen LogP contribution in [0, 0.1) is 0 Å². The van der Waals surface area contributed by atoms with E-state index < -0.39 is 0 Å². The summed E-state index contributed by atoms with van der Waals surface area (Å²) in [7, 11) is 0. The third-order valence-electron chi connectivity index (χ3n) is 0. The van der Waals surface area contributed by atoms with Crippen molar-refractivity contribution >= 4 is 0 Å². The molecule has 0 aliphatic heterocycles. The van der Waals surface area contributed by atoms with Gasteiger partial charge in [-0.1, -0.05) is 0 Å². The molecule has 0 atom stereocenters. The van der Waals surface area contributed by atoms with Crippen LogP contribution in [0.3, 0.4) is 0 Å². The molecule has 0 aromatic rings. The minimum absolute atomic E-state index is 0. The average molecular weight is 216 g/mol. The first-order valence-corrected chi connectivity index (χ1v) is 0. The summed E-state index contributed by atoms with van der Waals surface area (Å²) >= 11 is 0. The summed E-state index contributed by atoms with van der Waals surface area (Å²) in [6.45, 7) is 0. The largest absolute Gasteiger partial charge is 5.00 e. The van der Waals surface area contributed by atoms with Gasteiger partial charge in [0, 0.05) is 0 Å². The van der Waals surface area contributed by atoms with Gasteiger partial charge in [-0.2, -0.15) is 0 Å². The van der Waals surface area contributed by atoms with Crippen molar-refractivity contribution < 1.29 is 41.2 Å². The van der Waals surface area contributed by atoms with Gasteiger partial charge in [-0.25, -0.2) is 0 Å². The Morgan fingerprint density at radius 1 is 0.750 bits per heavy atom. The Morgan fingerprint density at radius 2 is 0.750 bits per heavy atom. The van der Waals surface area contributed by atoms with Crippen LogP contribution < -0.4 is 18.9 Å². The van der Waals surface area contributed by atoms with Crippen LogP contribution >= 0.6 is 0 Å². The maximum absolute atomic E-state index is 0. The van der Waals surface area contributed by atoms with E-state index in [1.54, 1.807) is 0 Å². The quantitative estimate of drug-likeness (QED) is 0.404. The van der Waals surface area contributed by atoms with E-state index in [0.29, 0.717) is 0 Å². The second-order valence-corrected chi connectivity index (χ2v) is 0. The zero-order valence-corrected chi connectivity index (χ0v) is 5.56. The fraction of sp³-hybridized carbons (Fsp3) is 0. The Bertz CT molecular complexity index is 6.00. The molecule has 0 amide bonds. The molecule has 0 aliphatic carbocycles. The third kappa shape index (κ3) is 10.5. The van der Waals surface area contributed by atoms with E-state index in [-0.39, 0.29) is 53.5 Å². The molecular weight excluding hydrogens is 216 g/mol. The molecule has 0 saturated carbocycles. The van der Waals surface area contributed by atoms with Crippen molar-refractivity contribution in [3.63, 3.8) is 0 Å².